The van der Waals surface area contributed by atoms with Crippen molar-refractivity contribution in [1.82, 2.24) is 20.1 Å². The van der Waals surface area contributed by atoms with E-state index in [1.807, 2.05) is 42.7 Å². The number of aryl methyl sites for hydroxylation is 1. The van der Waals surface area contributed by atoms with Crippen LogP contribution in [0, 0.1) is 12.7 Å². The molecule has 1 unspecified atom stereocenters. The molecule has 0 bridgehead atoms. The Morgan fingerprint density at radius 3 is 2.46 bits per heavy atom. The van der Waals surface area contributed by atoms with E-state index in [1.54, 1.807) is 30.3 Å². The smallest absolute Gasteiger partial charge is 0.319 e. The van der Waals surface area contributed by atoms with E-state index in [4.69, 9.17) is 23.2 Å². The highest BCUT2D eigenvalue weighted by atomic mass is 35.5. The third kappa shape index (κ3) is 6.33. The zero-order valence-electron chi connectivity index (χ0n) is 18.9. The average Bonchev–Trinajstić information content (AvgIpc) is 3.25. The van der Waals surface area contributed by atoms with E-state index >= 15 is 0 Å². The van der Waals surface area contributed by atoms with Gasteiger partial charge in [0, 0.05) is 16.5 Å². The van der Waals surface area contributed by atoms with Gasteiger partial charge in [0.2, 0.25) is 0 Å². The number of nitrogens with one attached hydrogen (secondary N) is 2. The first-order chi connectivity index (χ1) is 16.8. The number of benzene rings is 3. The van der Waals surface area contributed by atoms with Gasteiger partial charge < -0.3 is 10.6 Å². The Morgan fingerprint density at radius 1 is 1.06 bits per heavy atom. The van der Waals surface area contributed by atoms with Crippen LogP contribution in [0.15, 0.2) is 71.9 Å². The number of hydrogen-bond acceptors (Lipinski definition) is 4. The van der Waals surface area contributed by atoms with Gasteiger partial charge in [-0.15, -0.1) is 10.2 Å². The summed E-state index contributed by atoms with van der Waals surface area (Å²) in [5.74, 6) is 0.872. The normalized spacial score (nSPS) is 11.8. The van der Waals surface area contributed by atoms with Crippen molar-refractivity contribution in [3.05, 3.63) is 99.5 Å². The van der Waals surface area contributed by atoms with Crippen LogP contribution in [-0.2, 0) is 5.75 Å². The molecule has 0 aliphatic heterocycles. The standard InChI is InChI=1S/C25H22Cl2FN5OS/c1-15-3-10-20(11-4-15)33-23(31-32-25(33)35-14-17-5-8-19(28)9-6-17)16(2)29-24(34)30-22-12-7-18(26)13-21(22)27/h3-13,16H,14H2,1-2H3,(H2,29,30,34). The Morgan fingerprint density at radius 2 is 1.77 bits per heavy atom. The molecule has 0 saturated carbocycles. The zero-order valence-corrected chi connectivity index (χ0v) is 21.3. The predicted octanol–water partition coefficient (Wildman–Crippen LogP) is 7.20. The lowest BCUT2D eigenvalue weighted by atomic mass is 10.2. The van der Waals surface area contributed by atoms with Gasteiger partial charge in [-0.3, -0.25) is 4.57 Å². The molecule has 0 saturated heterocycles. The zero-order chi connectivity index (χ0) is 24.9. The molecule has 0 radical (unpaired) electrons. The van der Waals surface area contributed by atoms with Crippen molar-refractivity contribution in [3.8, 4) is 5.69 Å². The summed E-state index contributed by atoms with van der Waals surface area (Å²) in [4.78, 5) is 12.7. The van der Waals surface area contributed by atoms with Crippen LogP contribution in [0.3, 0.4) is 0 Å². The molecule has 0 aliphatic rings. The molecule has 180 valence electrons. The molecule has 4 rings (SSSR count). The maximum atomic E-state index is 13.3. The number of carbonyl (C=O) groups excluding carboxylic acids is 1. The van der Waals surface area contributed by atoms with E-state index in [9.17, 15) is 9.18 Å². The summed E-state index contributed by atoms with van der Waals surface area (Å²) in [5, 5.41) is 15.8. The number of anilines is 1. The largest absolute Gasteiger partial charge is 0.328 e. The molecule has 6 nitrogen and oxygen atoms in total. The van der Waals surface area contributed by atoms with Gasteiger partial charge >= 0.3 is 6.03 Å². The number of rotatable bonds is 7. The highest BCUT2D eigenvalue weighted by Gasteiger charge is 2.21. The van der Waals surface area contributed by atoms with Gasteiger partial charge in [0.15, 0.2) is 11.0 Å². The number of amides is 2. The first-order valence-electron chi connectivity index (χ1n) is 10.7. The van der Waals surface area contributed by atoms with Gasteiger partial charge in [0.1, 0.15) is 5.82 Å². The van der Waals surface area contributed by atoms with Crippen LogP contribution in [0.1, 0.15) is 29.9 Å². The van der Waals surface area contributed by atoms with E-state index in [-0.39, 0.29) is 5.82 Å². The summed E-state index contributed by atoms with van der Waals surface area (Å²) in [6.07, 6.45) is 0. The molecule has 0 fully saturated rings. The Balaban J connectivity index is 1.56. The lowest BCUT2D eigenvalue weighted by Crippen LogP contribution is -2.32. The molecule has 3 aromatic carbocycles. The molecule has 0 spiro atoms. The van der Waals surface area contributed by atoms with Gasteiger partial charge in [0.25, 0.3) is 0 Å². The molecule has 0 aliphatic carbocycles. The van der Waals surface area contributed by atoms with Crippen LogP contribution in [-0.4, -0.2) is 20.8 Å². The molecule has 35 heavy (non-hydrogen) atoms. The van der Waals surface area contributed by atoms with Gasteiger partial charge in [-0.2, -0.15) is 0 Å². The summed E-state index contributed by atoms with van der Waals surface area (Å²) in [6.45, 7) is 3.84. The van der Waals surface area contributed by atoms with Gasteiger partial charge in [0.05, 0.1) is 16.8 Å². The van der Waals surface area contributed by atoms with E-state index < -0.39 is 12.1 Å². The summed E-state index contributed by atoms with van der Waals surface area (Å²) < 4.78 is 15.2. The van der Waals surface area contributed by atoms with Crippen molar-refractivity contribution in [2.45, 2.75) is 30.8 Å². The maximum Gasteiger partial charge on any atom is 0.319 e. The van der Waals surface area contributed by atoms with Crippen LogP contribution in [0.25, 0.3) is 5.69 Å². The number of thioether (sulfide) groups is 1. The summed E-state index contributed by atoms with van der Waals surface area (Å²) in [6, 6.07) is 18.2. The number of nitrogens with zero attached hydrogens (tertiary/aromatic N) is 3. The van der Waals surface area contributed by atoms with Crippen molar-refractivity contribution in [3.63, 3.8) is 0 Å². The molecule has 1 atom stereocenters. The number of hydrogen-bond donors (Lipinski definition) is 2. The first kappa shape index (κ1) is 25.0. The van der Waals surface area contributed by atoms with Crippen LogP contribution in [0.2, 0.25) is 10.0 Å². The molecular formula is C25H22Cl2FN5OS. The van der Waals surface area contributed by atoms with Crippen molar-refractivity contribution in [2.24, 2.45) is 0 Å². The highest BCUT2D eigenvalue weighted by Crippen LogP contribution is 2.29. The maximum absolute atomic E-state index is 13.3. The minimum absolute atomic E-state index is 0.276. The molecule has 2 N–H and O–H groups in total. The molecular weight excluding hydrogens is 508 g/mol. The molecule has 1 heterocycles. The second-order valence-corrected chi connectivity index (χ2v) is 9.66. The SMILES string of the molecule is Cc1ccc(-n2c(SCc3ccc(F)cc3)nnc2C(C)NC(=O)Nc2ccc(Cl)cc2Cl)cc1. The average molecular weight is 530 g/mol. The van der Waals surface area contributed by atoms with E-state index in [0.29, 0.717) is 32.5 Å². The van der Waals surface area contributed by atoms with E-state index in [0.717, 1.165) is 16.8 Å². The van der Waals surface area contributed by atoms with E-state index in [1.165, 1.54) is 23.9 Å². The van der Waals surface area contributed by atoms with Crippen LogP contribution < -0.4 is 10.6 Å². The van der Waals surface area contributed by atoms with Crippen LogP contribution >= 0.6 is 35.0 Å². The fourth-order valence-corrected chi connectivity index (χ4v) is 4.70. The number of urea groups is 1. The van der Waals surface area contributed by atoms with Crippen molar-refractivity contribution < 1.29 is 9.18 Å². The first-order valence-corrected chi connectivity index (χ1v) is 12.5. The van der Waals surface area contributed by atoms with Crippen LogP contribution in [0.4, 0.5) is 14.9 Å². The Bertz CT molecular complexity index is 1330. The molecule has 1 aromatic heterocycles. The molecule has 4 aromatic rings. The highest BCUT2D eigenvalue weighted by molar-refractivity contribution is 7.98. The summed E-state index contributed by atoms with van der Waals surface area (Å²) >= 11 is 13.6. The second kappa shape index (κ2) is 11.1. The summed E-state index contributed by atoms with van der Waals surface area (Å²) in [7, 11) is 0. The number of aromatic nitrogens is 3. The lowest BCUT2D eigenvalue weighted by molar-refractivity contribution is 0.249. The van der Waals surface area contributed by atoms with Crippen molar-refractivity contribution >= 4 is 46.7 Å². The van der Waals surface area contributed by atoms with Crippen LogP contribution in [0.5, 0.6) is 0 Å². The molecule has 2 amide bonds. The minimum Gasteiger partial charge on any atom is -0.328 e. The Hall–Kier alpha value is -3.07. The van der Waals surface area contributed by atoms with Crippen molar-refractivity contribution in [2.75, 3.05) is 5.32 Å². The predicted molar refractivity (Wildman–Crippen MR) is 139 cm³/mol. The van der Waals surface area contributed by atoms with Gasteiger partial charge in [-0.1, -0.05) is 64.8 Å². The van der Waals surface area contributed by atoms with Gasteiger partial charge in [-0.05, 0) is 61.9 Å². The Labute approximate surface area is 216 Å². The van der Waals surface area contributed by atoms with Gasteiger partial charge in [-0.25, -0.2) is 9.18 Å². The summed E-state index contributed by atoms with van der Waals surface area (Å²) in [5.41, 5.74) is 3.39. The molecule has 10 heteroatoms. The fourth-order valence-electron chi connectivity index (χ4n) is 3.33. The third-order valence-electron chi connectivity index (χ3n) is 5.15. The fraction of sp³-hybridized carbons (Fsp3) is 0.160. The Kier molecular flexibility index (Phi) is 7.95. The quantitative estimate of drug-likeness (QED) is 0.248. The third-order valence-corrected chi connectivity index (χ3v) is 6.69. The second-order valence-electron chi connectivity index (χ2n) is 7.87. The number of carbonyl (C=O) groups is 1. The number of halogens is 3. The monoisotopic (exact) mass is 529 g/mol. The minimum atomic E-state index is -0.477. The lowest BCUT2D eigenvalue weighted by Gasteiger charge is -2.17. The van der Waals surface area contributed by atoms with Crippen molar-refractivity contribution in [1.29, 1.82) is 0 Å². The topological polar surface area (TPSA) is 71.8 Å². The van der Waals surface area contributed by atoms with E-state index in [2.05, 4.69) is 20.8 Å².